The minimum atomic E-state index is -3.84. The number of nitrogens with zero attached hydrogens (tertiary/aromatic N) is 3. The van der Waals surface area contributed by atoms with Gasteiger partial charge in [-0.1, -0.05) is 25.0 Å². The molecule has 3 heterocycles. The van der Waals surface area contributed by atoms with Crippen molar-refractivity contribution in [2.75, 3.05) is 29.3 Å². The molecule has 1 aromatic heterocycles. The zero-order chi connectivity index (χ0) is 24.4. The third-order valence-corrected chi connectivity index (χ3v) is 7.63. The number of piperidine rings is 1. The SMILES string of the molecule is NC1=NS(=O)(=O)Nc2cccc(OC[C@H]3CCCN(c4cccc(C(=O)NC5CCCC5)n4)C3)c21. The number of anilines is 2. The molecule has 1 saturated carbocycles. The molecule has 2 aliphatic heterocycles. The zero-order valence-corrected chi connectivity index (χ0v) is 20.3. The molecule has 0 unspecified atom stereocenters. The number of amidine groups is 1. The molecule has 186 valence electrons. The Labute approximate surface area is 205 Å². The molecule has 1 aromatic carbocycles. The maximum absolute atomic E-state index is 12.7. The van der Waals surface area contributed by atoms with Crippen LogP contribution in [0.25, 0.3) is 0 Å². The third kappa shape index (κ3) is 5.34. The van der Waals surface area contributed by atoms with Crippen LogP contribution >= 0.6 is 0 Å². The summed E-state index contributed by atoms with van der Waals surface area (Å²) in [5, 5.41) is 3.10. The van der Waals surface area contributed by atoms with Crippen LogP contribution in [0.3, 0.4) is 0 Å². The number of amides is 1. The minimum absolute atomic E-state index is 0.0866. The monoisotopic (exact) mass is 498 g/mol. The number of nitrogens with one attached hydrogen (secondary N) is 2. The van der Waals surface area contributed by atoms with Gasteiger partial charge in [-0.3, -0.25) is 9.52 Å². The van der Waals surface area contributed by atoms with Crippen LogP contribution in [0.1, 0.15) is 54.6 Å². The van der Waals surface area contributed by atoms with Gasteiger partial charge in [0.05, 0.1) is 17.9 Å². The molecule has 0 bridgehead atoms. The van der Waals surface area contributed by atoms with E-state index in [-0.39, 0.29) is 23.7 Å². The lowest BCUT2D eigenvalue weighted by atomic mass is 9.99. The van der Waals surface area contributed by atoms with E-state index in [0.717, 1.165) is 57.4 Å². The van der Waals surface area contributed by atoms with E-state index < -0.39 is 10.2 Å². The molecule has 11 heteroatoms. The first kappa shape index (κ1) is 23.4. The van der Waals surface area contributed by atoms with Gasteiger partial charge in [-0.05, 0) is 49.9 Å². The van der Waals surface area contributed by atoms with Crippen molar-refractivity contribution in [2.45, 2.75) is 44.6 Å². The van der Waals surface area contributed by atoms with Crippen molar-refractivity contribution >= 4 is 33.5 Å². The average Bonchev–Trinajstić information content (AvgIpc) is 3.35. The summed E-state index contributed by atoms with van der Waals surface area (Å²) in [6.07, 6.45) is 6.36. The Morgan fingerprint density at radius 2 is 1.94 bits per heavy atom. The summed E-state index contributed by atoms with van der Waals surface area (Å²) in [5.74, 6) is 1.32. The molecule has 10 nitrogen and oxygen atoms in total. The highest BCUT2D eigenvalue weighted by molar-refractivity contribution is 7.91. The number of aromatic nitrogens is 1. The minimum Gasteiger partial charge on any atom is -0.492 e. The number of hydrogen-bond donors (Lipinski definition) is 3. The molecule has 5 rings (SSSR count). The second-order valence-electron chi connectivity index (χ2n) is 9.33. The van der Waals surface area contributed by atoms with E-state index in [1.54, 1.807) is 24.3 Å². The highest BCUT2D eigenvalue weighted by Crippen LogP contribution is 2.31. The van der Waals surface area contributed by atoms with Crippen LogP contribution < -0.4 is 25.4 Å². The van der Waals surface area contributed by atoms with E-state index in [4.69, 9.17) is 10.5 Å². The molecule has 0 radical (unpaired) electrons. The molecule has 3 aliphatic rings. The number of carbonyl (C=O) groups excluding carboxylic acids is 1. The Morgan fingerprint density at radius 3 is 2.77 bits per heavy atom. The largest absolute Gasteiger partial charge is 0.492 e. The van der Waals surface area contributed by atoms with Gasteiger partial charge in [0.15, 0.2) is 5.84 Å². The number of rotatable bonds is 6. The van der Waals surface area contributed by atoms with Crippen LogP contribution in [0.2, 0.25) is 0 Å². The van der Waals surface area contributed by atoms with E-state index in [1.807, 2.05) is 12.1 Å². The van der Waals surface area contributed by atoms with Crippen molar-refractivity contribution in [1.29, 1.82) is 0 Å². The summed E-state index contributed by atoms with van der Waals surface area (Å²) in [7, 11) is -3.84. The molecule has 35 heavy (non-hydrogen) atoms. The highest BCUT2D eigenvalue weighted by Gasteiger charge is 2.27. The standard InChI is InChI=1S/C24H30N6O4S/c25-23-22-18(28-35(32,33)29-23)9-3-11-20(22)34-15-16-6-5-13-30(14-16)21-12-4-10-19(27-21)24(31)26-17-7-1-2-8-17/h3-4,9-12,16-17,28H,1-2,5-8,13-15H2,(H2,25,29)(H,26,31)/t16-/m0/s1. The summed E-state index contributed by atoms with van der Waals surface area (Å²) in [6.45, 7) is 2.04. The Bertz CT molecular complexity index is 1240. The fourth-order valence-electron chi connectivity index (χ4n) is 5.01. The Kier molecular flexibility index (Phi) is 6.50. The summed E-state index contributed by atoms with van der Waals surface area (Å²) >= 11 is 0. The van der Waals surface area contributed by atoms with Crippen LogP contribution in [0, 0.1) is 5.92 Å². The predicted molar refractivity (Wildman–Crippen MR) is 134 cm³/mol. The first-order valence-electron chi connectivity index (χ1n) is 12.1. The highest BCUT2D eigenvalue weighted by atomic mass is 32.2. The van der Waals surface area contributed by atoms with Gasteiger partial charge in [0.25, 0.3) is 5.91 Å². The van der Waals surface area contributed by atoms with Gasteiger partial charge in [-0.15, -0.1) is 4.40 Å². The fraction of sp³-hybridized carbons (Fsp3) is 0.458. The Hall–Kier alpha value is -3.34. The maximum atomic E-state index is 12.7. The zero-order valence-electron chi connectivity index (χ0n) is 19.4. The Morgan fingerprint density at radius 1 is 1.14 bits per heavy atom. The van der Waals surface area contributed by atoms with Crippen molar-refractivity contribution in [1.82, 2.24) is 10.3 Å². The number of ether oxygens (including phenoxy) is 1. The van der Waals surface area contributed by atoms with Gasteiger partial charge in [0.1, 0.15) is 17.3 Å². The second kappa shape index (κ2) is 9.73. The van der Waals surface area contributed by atoms with E-state index in [9.17, 15) is 13.2 Å². The first-order valence-corrected chi connectivity index (χ1v) is 13.5. The van der Waals surface area contributed by atoms with Crippen LogP contribution in [0.5, 0.6) is 5.75 Å². The van der Waals surface area contributed by atoms with Crippen molar-refractivity contribution in [3.05, 3.63) is 47.7 Å². The molecule has 1 aliphatic carbocycles. The predicted octanol–water partition coefficient (Wildman–Crippen LogP) is 2.42. The van der Waals surface area contributed by atoms with Crippen LogP contribution in [0.15, 0.2) is 40.8 Å². The van der Waals surface area contributed by atoms with Gasteiger partial charge in [0.2, 0.25) is 0 Å². The molecule has 0 spiro atoms. The van der Waals surface area contributed by atoms with Crippen molar-refractivity contribution in [3.8, 4) is 5.75 Å². The van der Waals surface area contributed by atoms with E-state index >= 15 is 0 Å². The molecule has 1 amide bonds. The van der Waals surface area contributed by atoms with E-state index in [1.165, 1.54) is 0 Å². The summed E-state index contributed by atoms with van der Waals surface area (Å²) < 4.78 is 35.6. The lowest BCUT2D eigenvalue weighted by Crippen LogP contribution is -2.39. The smallest absolute Gasteiger partial charge is 0.344 e. The van der Waals surface area contributed by atoms with E-state index in [0.29, 0.717) is 29.3 Å². The molecule has 2 aromatic rings. The molecular formula is C24H30N6O4S. The van der Waals surface area contributed by atoms with Gasteiger partial charge < -0.3 is 20.7 Å². The van der Waals surface area contributed by atoms with Crippen molar-refractivity contribution < 1.29 is 17.9 Å². The summed E-state index contributed by atoms with van der Waals surface area (Å²) in [5.41, 5.74) is 7.18. The number of carbonyl (C=O) groups is 1. The average molecular weight is 499 g/mol. The first-order chi connectivity index (χ1) is 16.9. The molecule has 1 atom stereocenters. The lowest BCUT2D eigenvalue weighted by Gasteiger charge is -2.33. The molecule has 2 fully saturated rings. The third-order valence-electron chi connectivity index (χ3n) is 6.71. The number of pyridine rings is 1. The van der Waals surface area contributed by atoms with Crippen molar-refractivity contribution in [3.63, 3.8) is 0 Å². The molecule has 1 saturated heterocycles. The van der Waals surface area contributed by atoms with E-state index in [2.05, 4.69) is 24.3 Å². The van der Waals surface area contributed by atoms with Gasteiger partial charge in [-0.2, -0.15) is 8.42 Å². The topological polar surface area (TPSA) is 139 Å². The van der Waals surface area contributed by atoms with Crippen LogP contribution in [-0.2, 0) is 10.2 Å². The van der Waals surface area contributed by atoms with Crippen LogP contribution in [0.4, 0.5) is 11.5 Å². The summed E-state index contributed by atoms with van der Waals surface area (Å²) in [6, 6.07) is 10.9. The summed E-state index contributed by atoms with van der Waals surface area (Å²) in [4.78, 5) is 19.5. The Balaban J connectivity index is 1.24. The molecular weight excluding hydrogens is 468 g/mol. The number of fused-ring (bicyclic) bond motifs is 1. The van der Waals surface area contributed by atoms with Gasteiger partial charge in [-0.25, -0.2) is 4.98 Å². The number of benzene rings is 1. The van der Waals surface area contributed by atoms with Crippen LogP contribution in [-0.4, -0.2) is 50.9 Å². The van der Waals surface area contributed by atoms with Crippen molar-refractivity contribution in [2.24, 2.45) is 16.0 Å². The molecule has 4 N–H and O–H groups in total. The number of nitrogens with two attached hydrogens (primary N) is 1. The van der Waals surface area contributed by atoms with Gasteiger partial charge in [0, 0.05) is 25.0 Å². The lowest BCUT2D eigenvalue weighted by molar-refractivity contribution is 0.0933. The second-order valence-corrected chi connectivity index (χ2v) is 10.7. The fourth-order valence-corrected chi connectivity index (χ4v) is 5.85. The maximum Gasteiger partial charge on any atom is 0.344 e. The normalized spacial score (nSPS) is 21.5. The number of hydrogen-bond acceptors (Lipinski definition) is 7. The quantitative estimate of drug-likeness (QED) is 0.556. The van der Waals surface area contributed by atoms with Gasteiger partial charge >= 0.3 is 10.2 Å².